The maximum atomic E-state index is 11.8. The summed E-state index contributed by atoms with van der Waals surface area (Å²) in [7, 11) is -3.36. The average Bonchev–Trinajstić information content (AvgIpc) is 2.29. The van der Waals surface area contributed by atoms with Crippen LogP contribution in [0.2, 0.25) is 0 Å². The molecular weight excluding hydrogens is 244 g/mol. The van der Waals surface area contributed by atoms with Gasteiger partial charge in [-0.2, -0.15) is 17.4 Å². The van der Waals surface area contributed by atoms with E-state index in [9.17, 15) is 8.42 Å². The maximum absolute atomic E-state index is 11.8. The zero-order valence-electron chi connectivity index (χ0n) is 10.5. The molecule has 0 aromatic heterocycles. The SMILES string of the molecule is CC(C)COCCNS(=O)(=O)N1CCOCC1. The Morgan fingerprint density at radius 1 is 1.35 bits per heavy atom. The predicted octanol–water partition coefficient (Wildman–Crippen LogP) is -0.174. The Kier molecular flexibility index (Phi) is 6.35. The van der Waals surface area contributed by atoms with Crippen LogP contribution >= 0.6 is 0 Å². The van der Waals surface area contributed by atoms with Gasteiger partial charge in [-0.05, 0) is 5.92 Å². The lowest BCUT2D eigenvalue weighted by molar-refractivity contribution is 0.0720. The van der Waals surface area contributed by atoms with E-state index in [1.165, 1.54) is 4.31 Å². The van der Waals surface area contributed by atoms with Gasteiger partial charge in [-0.15, -0.1) is 0 Å². The van der Waals surface area contributed by atoms with E-state index in [0.29, 0.717) is 52.0 Å². The Labute approximate surface area is 103 Å². The average molecular weight is 266 g/mol. The van der Waals surface area contributed by atoms with Gasteiger partial charge in [0.2, 0.25) is 0 Å². The van der Waals surface area contributed by atoms with E-state index in [4.69, 9.17) is 9.47 Å². The molecule has 1 N–H and O–H groups in total. The number of hydrogen-bond donors (Lipinski definition) is 1. The number of hydrogen-bond acceptors (Lipinski definition) is 4. The predicted molar refractivity (Wildman–Crippen MR) is 65.0 cm³/mol. The second kappa shape index (κ2) is 7.27. The van der Waals surface area contributed by atoms with Crippen molar-refractivity contribution in [3.63, 3.8) is 0 Å². The molecule has 0 saturated carbocycles. The second-order valence-corrected chi connectivity index (χ2v) is 6.13. The fourth-order valence-corrected chi connectivity index (χ4v) is 2.59. The summed E-state index contributed by atoms with van der Waals surface area (Å²) in [6, 6.07) is 0. The first kappa shape index (κ1) is 14.8. The van der Waals surface area contributed by atoms with E-state index in [2.05, 4.69) is 18.6 Å². The minimum absolute atomic E-state index is 0.312. The van der Waals surface area contributed by atoms with Crippen LogP contribution in [0.4, 0.5) is 0 Å². The largest absolute Gasteiger partial charge is 0.380 e. The number of rotatable bonds is 7. The molecule has 0 aromatic carbocycles. The lowest BCUT2D eigenvalue weighted by Gasteiger charge is -2.26. The van der Waals surface area contributed by atoms with Gasteiger partial charge < -0.3 is 9.47 Å². The van der Waals surface area contributed by atoms with Crippen LogP contribution < -0.4 is 4.72 Å². The fourth-order valence-electron chi connectivity index (χ4n) is 1.44. The van der Waals surface area contributed by atoms with Crippen molar-refractivity contribution in [2.45, 2.75) is 13.8 Å². The lowest BCUT2D eigenvalue weighted by Crippen LogP contribution is -2.47. The van der Waals surface area contributed by atoms with Gasteiger partial charge in [0, 0.05) is 26.2 Å². The third-order valence-electron chi connectivity index (χ3n) is 2.29. The zero-order chi connectivity index (χ0) is 12.7. The van der Waals surface area contributed by atoms with Gasteiger partial charge in [0.1, 0.15) is 0 Å². The van der Waals surface area contributed by atoms with Crippen molar-refractivity contribution in [3.8, 4) is 0 Å². The van der Waals surface area contributed by atoms with Gasteiger partial charge in [0.05, 0.1) is 19.8 Å². The normalized spacial score (nSPS) is 18.8. The maximum Gasteiger partial charge on any atom is 0.279 e. The van der Waals surface area contributed by atoms with Crippen molar-refractivity contribution >= 4 is 10.2 Å². The molecular formula is C10H22N2O4S. The molecule has 1 fully saturated rings. The minimum atomic E-state index is -3.36. The number of nitrogens with one attached hydrogen (secondary N) is 1. The molecule has 1 heterocycles. The summed E-state index contributed by atoms with van der Waals surface area (Å²) < 4.78 is 37.9. The van der Waals surface area contributed by atoms with Gasteiger partial charge >= 0.3 is 0 Å². The molecule has 0 radical (unpaired) electrons. The first-order valence-electron chi connectivity index (χ1n) is 5.92. The molecule has 1 saturated heterocycles. The van der Waals surface area contributed by atoms with Crippen LogP contribution in [0.15, 0.2) is 0 Å². The van der Waals surface area contributed by atoms with Gasteiger partial charge in [0.25, 0.3) is 10.2 Å². The fraction of sp³-hybridized carbons (Fsp3) is 1.00. The first-order valence-corrected chi connectivity index (χ1v) is 7.36. The molecule has 0 aromatic rings. The van der Waals surface area contributed by atoms with Crippen LogP contribution in [-0.2, 0) is 19.7 Å². The zero-order valence-corrected chi connectivity index (χ0v) is 11.3. The van der Waals surface area contributed by atoms with Crippen molar-refractivity contribution in [3.05, 3.63) is 0 Å². The summed E-state index contributed by atoms with van der Waals surface area (Å²) in [6.45, 7) is 7.24. The highest BCUT2D eigenvalue weighted by Crippen LogP contribution is 2.02. The molecule has 102 valence electrons. The Hall–Kier alpha value is -0.210. The van der Waals surface area contributed by atoms with Crippen LogP contribution in [0.1, 0.15) is 13.8 Å². The molecule has 0 amide bonds. The van der Waals surface area contributed by atoms with E-state index in [1.807, 2.05) is 0 Å². The molecule has 0 aliphatic carbocycles. The number of nitrogens with zero attached hydrogens (tertiary/aromatic N) is 1. The van der Waals surface area contributed by atoms with E-state index >= 15 is 0 Å². The van der Waals surface area contributed by atoms with Crippen molar-refractivity contribution < 1.29 is 17.9 Å². The number of ether oxygens (including phenoxy) is 2. The molecule has 1 aliphatic rings. The van der Waals surface area contributed by atoms with E-state index in [0.717, 1.165) is 0 Å². The monoisotopic (exact) mass is 266 g/mol. The Morgan fingerprint density at radius 3 is 2.59 bits per heavy atom. The van der Waals surface area contributed by atoms with Crippen LogP contribution in [0.5, 0.6) is 0 Å². The van der Waals surface area contributed by atoms with Gasteiger partial charge in [0.15, 0.2) is 0 Å². The highest BCUT2D eigenvalue weighted by molar-refractivity contribution is 7.87. The summed E-state index contributed by atoms with van der Waals surface area (Å²) in [5.41, 5.74) is 0. The summed E-state index contributed by atoms with van der Waals surface area (Å²) in [5, 5.41) is 0. The molecule has 7 heteroatoms. The van der Waals surface area contributed by atoms with Crippen LogP contribution in [0.3, 0.4) is 0 Å². The molecule has 6 nitrogen and oxygen atoms in total. The molecule has 1 aliphatic heterocycles. The Bertz CT molecular complexity index is 299. The highest BCUT2D eigenvalue weighted by Gasteiger charge is 2.23. The van der Waals surface area contributed by atoms with Gasteiger partial charge in [-0.3, -0.25) is 0 Å². The molecule has 1 rings (SSSR count). The van der Waals surface area contributed by atoms with Crippen LogP contribution in [0.25, 0.3) is 0 Å². The van der Waals surface area contributed by atoms with E-state index in [-0.39, 0.29) is 0 Å². The van der Waals surface area contributed by atoms with Crippen molar-refractivity contribution in [2.24, 2.45) is 5.92 Å². The third-order valence-corrected chi connectivity index (χ3v) is 3.91. The van der Waals surface area contributed by atoms with Crippen LogP contribution in [-0.4, -0.2) is 58.8 Å². The molecule has 0 atom stereocenters. The summed E-state index contributed by atoms with van der Waals surface area (Å²) in [5.74, 6) is 0.464. The third kappa shape index (κ3) is 5.78. The van der Waals surface area contributed by atoms with Gasteiger partial charge in [-0.1, -0.05) is 13.8 Å². The Balaban J connectivity index is 2.20. The molecule has 0 bridgehead atoms. The summed E-state index contributed by atoms with van der Waals surface area (Å²) in [4.78, 5) is 0. The topological polar surface area (TPSA) is 67.9 Å². The first-order chi connectivity index (χ1) is 8.02. The number of morpholine rings is 1. The minimum Gasteiger partial charge on any atom is -0.380 e. The van der Waals surface area contributed by atoms with Crippen LogP contribution in [0, 0.1) is 5.92 Å². The molecule has 17 heavy (non-hydrogen) atoms. The summed E-state index contributed by atoms with van der Waals surface area (Å²) in [6.07, 6.45) is 0. The molecule has 0 spiro atoms. The van der Waals surface area contributed by atoms with Crippen molar-refractivity contribution in [1.29, 1.82) is 0 Å². The second-order valence-electron chi connectivity index (χ2n) is 4.38. The lowest BCUT2D eigenvalue weighted by atomic mass is 10.2. The summed E-state index contributed by atoms with van der Waals surface area (Å²) >= 11 is 0. The molecule has 0 unspecified atom stereocenters. The van der Waals surface area contributed by atoms with Crippen molar-refractivity contribution in [1.82, 2.24) is 9.03 Å². The van der Waals surface area contributed by atoms with E-state index in [1.54, 1.807) is 0 Å². The standard InChI is InChI=1S/C10H22N2O4S/c1-10(2)9-16-6-3-11-17(13,14)12-4-7-15-8-5-12/h10-11H,3-9H2,1-2H3. The van der Waals surface area contributed by atoms with Gasteiger partial charge in [-0.25, -0.2) is 0 Å². The Morgan fingerprint density at radius 2 is 2.00 bits per heavy atom. The van der Waals surface area contributed by atoms with Crippen molar-refractivity contribution in [2.75, 3.05) is 46.1 Å². The van der Waals surface area contributed by atoms with E-state index < -0.39 is 10.2 Å². The highest BCUT2D eigenvalue weighted by atomic mass is 32.2. The quantitative estimate of drug-likeness (QED) is 0.649. The smallest absolute Gasteiger partial charge is 0.279 e.